The van der Waals surface area contributed by atoms with Gasteiger partial charge in [-0.1, -0.05) is 29.9 Å². The summed E-state index contributed by atoms with van der Waals surface area (Å²) in [5, 5.41) is 22.1. The molecule has 0 fully saturated rings. The molecule has 0 amide bonds. The van der Waals surface area contributed by atoms with E-state index in [4.69, 9.17) is 16.3 Å². The van der Waals surface area contributed by atoms with E-state index in [0.717, 1.165) is 28.3 Å². The summed E-state index contributed by atoms with van der Waals surface area (Å²) in [4.78, 5) is 16.6. The number of H-pyrrole nitrogens is 1. The van der Waals surface area contributed by atoms with Gasteiger partial charge in [-0.15, -0.1) is 10.2 Å². The summed E-state index contributed by atoms with van der Waals surface area (Å²) in [5.74, 6) is 0. The van der Waals surface area contributed by atoms with Crippen LogP contribution in [0.1, 0.15) is 13.3 Å². The lowest BCUT2D eigenvalue weighted by Gasteiger charge is -2.05. The van der Waals surface area contributed by atoms with Gasteiger partial charge in [-0.25, -0.2) is 14.3 Å². The Morgan fingerprint density at radius 1 is 1.26 bits per heavy atom. The topological polar surface area (TPSA) is 111 Å². The molecule has 0 saturated carbocycles. The molecule has 1 aromatic carbocycles. The Labute approximate surface area is 185 Å². The van der Waals surface area contributed by atoms with Crippen LogP contribution in [0.25, 0.3) is 32.5 Å². The maximum Gasteiger partial charge on any atom is 0.419 e. The number of benzene rings is 1. The van der Waals surface area contributed by atoms with Crippen molar-refractivity contribution in [3.8, 4) is 10.6 Å². The first kappa shape index (κ1) is 19.5. The van der Waals surface area contributed by atoms with Crippen LogP contribution in [-0.4, -0.2) is 42.6 Å². The lowest BCUT2D eigenvalue weighted by Crippen LogP contribution is -2.13. The van der Waals surface area contributed by atoms with E-state index in [9.17, 15) is 4.79 Å². The van der Waals surface area contributed by atoms with E-state index in [1.807, 2.05) is 31.2 Å². The van der Waals surface area contributed by atoms with E-state index in [2.05, 4.69) is 30.7 Å². The fraction of sp³-hybridized carbons (Fsp3) is 0.150. The van der Waals surface area contributed by atoms with Crippen LogP contribution < -0.4 is 5.32 Å². The molecule has 4 heterocycles. The fourth-order valence-electron chi connectivity index (χ4n) is 3.21. The van der Waals surface area contributed by atoms with E-state index < -0.39 is 6.09 Å². The maximum atomic E-state index is 12.3. The Bertz CT molecular complexity index is 1410. The predicted molar refractivity (Wildman–Crippen MR) is 120 cm³/mol. The van der Waals surface area contributed by atoms with Crippen molar-refractivity contribution < 1.29 is 9.53 Å². The van der Waals surface area contributed by atoms with Crippen molar-refractivity contribution in [2.24, 2.45) is 0 Å². The summed E-state index contributed by atoms with van der Waals surface area (Å²) in [6.45, 7) is 2.30. The van der Waals surface area contributed by atoms with Crippen molar-refractivity contribution >= 4 is 61.8 Å². The molecular formula is C20H16ClN7O2S. The fourth-order valence-corrected chi connectivity index (χ4v) is 4.26. The average Bonchev–Trinajstić information content (AvgIpc) is 3.53. The van der Waals surface area contributed by atoms with E-state index >= 15 is 0 Å². The van der Waals surface area contributed by atoms with E-state index in [0.29, 0.717) is 33.1 Å². The molecule has 31 heavy (non-hydrogen) atoms. The zero-order valence-electron chi connectivity index (χ0n) is 16.3. The number of anilines is 2. The van der Waals surface area contributed by atoms with Crippen molar-refractivity contribution in [2.45, 2.75) is 13.3 Å². The van der Waals surface area contributed by atoms with Gasteiger partial charge in [0, 0.05) is 28.7 Å². The van der Waals surface area contributed by atoms with Crippen LogP contribution in [0, 0.1) is 0 Å². The summed E-state index contributed by atoms with van der Waals surface area (Å²) in [6, 6.07) is 7.42. The highest BCUT2D eigenvalue weighted by Crippen LogP contribution is 2.36. The molecule has 0 aliphatic rings. The molecule has 11 heteroatoms. The number of carbonyl (C=O) groups excluding carboxylic acids is 1. The largest absolute Gasteiger partial charge is 0.449 e. The molecule has 0 unspecified atom stereocenters. The minimum atomic E-state index is -0.453. The van der Waals surface area contributed by atoms with Gasteiger partial charge in [0.15, 0.2) is 0 Å². The van der Waals surface area contributed by atoms with Crippen molar-refractivity contribution in [3.05, 3.63) is 47.9 Å². The quantitative estimate of drug-likeness (QED) is 0.375. The number of nitrogens with zero attached hydrogens (tertiary/aromatic N) is 5. The first-order chi connectivity index (χ1) is 15.2. The molecule has 0 bridgehead atoms. The predicted octanol–water partition coefficient (Wildman–Crippen LogP) is 5.22. The second-order valence-electron chi connectivity index (χ2n) is 6.69. The van der Waals surface area contributed by atoms with Crippen LogP contribution in [-0.2, 0) is 4.74 Å². The summed E-state index contributed by atoms with van der Waals surface area (Å²) in [6.07, 6.45) is 5.27. The average molecular weight is 454 g/mol. The third-order valence-corrected chi connectivity index (χ3v) is 5.95. The summed E-state index contributed by atoms with van der Waals surface area (Å²) < 4.78 is 6.62. The summed E-state index contributed by atoms with van der Waals surface area (Å²) in [5.41, 5.74) is 2.91. The normalized spacial score (nSPS) is 11.3. The van der Waals surface area contributed by atoms with Gasteiger partial charge >= 0.3 is 6.09 Å². The van der Waals surface area contributed by atoms with Crippen LogP contribution >= 0.6 is 22.9 Å². The standard InChI is InChI=1S/C20H16ClN7O2S/c1-2-9-30-20(29)28-8-6-11-12(5-7-22-17(11)28)18-26-27-19(31-18)24-15-4-3-14-13(16(15)21)10-23-25-14/h3-8,10H,2,9H2,1H3,(H,23,25)(H,24,27). The SMILES string of the molecule is CCCOC(=O)n1ccc2c(-c3nnc(Nc4ccc5[nH]ncc5c4Cl)s3)ccnc21. The zero-order chi connectivity index (χ0) is 21.4. The Morgan fingerprint density at radius 2 is 2.16 bits per heavy atom. The highest BCUT2D eigenvalue weighted by atomic mass is 35.5. The first-order valence-electron chi connectivity index (χ1n) is 9.51. The smallest absolute Gasteiger partial charge is 0.419 e. The molecule has 0 radical (unpaired) electrons. The number of aromatic amines is 1. The van der Waals surface area contributed by atoms with Crippen LogP contribution in [0.5, 0.6) is 0 Å². The van der Waals surface area contributed by atoms with Gasteiger partial charge in [0.1, 0.15) is 10.7 Å². The van der Waals surface area contributed by atoms with E-state index in [1.165, 1.54) is 15.9 Å². The second-order valence-corrected chi connectivity index (χ2v) is 8.05. The molecule has 0 aliphatic heterocycles. The van der Waals surface area contributed by atoms with Gasteiger partial charge in [0.05, 0.1) is 29.0 Å². The molecule has 4 aromatic heterocycles. The molecular weight excluding hydrogens is 438 g/mol. The minimum Gasteiger partial charge on any atom is -0.449 e. The van der Waals surface area contributed by atoms with Crippen molar-refractivity contribution in [3.63, 3.8) is 0 Å². The van der Waals surface area contributed by atoms with Crippen LogP contribution in [0.15, 0.2) is 42.9 Å². The number of aromatic nitrogens is 6. The molecule has 0 aliphatic carbocycles. The Balaban J connectivity index is 1.46. The number of pyridine rings is 1. The first-order valence-corrected chi connectivity index (χ1v) is 10.7. The third-order valence-electron chi connectivity index (χ3n) is 4.67. The number of hydrogen-bond acceptors (Lipinski definition) is 8. The lowest BCUT2D eigenvalue weighted by molar-refractivity contribution is 0.149. The number of carbonyl (C=O) groups is 1. The number of fused-ring (bicyclic) bond motifs is 2. The van der Waals surface area contributed by atoms with E-state index in [1.54, 1.807) is 18.6 Å². The third kappa shape index (κ3) is 3.49. The Kier molecular flexibility index (Phi) is 5.00. The molecule has 2 N–H and O–H groups in total. The number of ether oxygens (including phenoxy) is 1. The highest BCUT2D eigenvalue weighted by molar-refractivity contribution is 7.18. The Morgan fingerprint density at radius 3 is 3.03 bits per heavy atom. The molecule has 9 nitrogen and oxygen atoms in total. The van der Waals surface area contributed by atoms with Crippen LogP contribution in [0.2, 0.25) is 5.02 Å². The van der Waals surface area contributed by atoms with Crippen LogP contribution in [0.4, 0.5) is 15.6 Å². The van der Waals surface area contributed by atoms with Gasteiger partial charge < -0.3 is 10.1 Å². The van der Waals surface area contributed by atoms with Crippen molar-refractivity contribution in [1.29, 1.82) is 0 Å². The number of nitrogens with one attached hydrogen (secondary N) is 2. The number of hydrogen-bond donors (Lipinski definition) is 2. The molecule has 156 valence electrons. The summed E-state index contributed by atoms with van der Waals surface area (Å²) in [7, 11) is 0. The van der Waals surface area contributed by atoms with Gasteiger partial charge in [0.2, 0.25) is 5.13 Å². The molecule has 0 atom stereocenters. The number of rotatable bonds is 5. The monoisotopic (exact) mass is 453 g/mol. The second kappa shape index (κ2) is 7.97. The number of halogens is 1. The minimum absolute atomic E-state index is 0.358. The van der Waals surface area contributed by atoms with Crippen molar-refractivity contribution in [2.75, 3.05) is 11.9 Å². The van der Waals surface area contributed by atoms with Crippen LogP contribution in [0.3, 0.4) is 0 Å². The zero-order valence-corrected chi connectivity index (χ0v) is 17.9. The van der Waals surface area contributed by atoms with Gasteiger partial charge in [-0.2, -0.15) is 5.10 Å². The van der Waals surface area contributed by atoms with E-state index in [-0.39, 0.29) is 0 Å². The van der Waals surface area contributed by atoms with Gasteiger partial charge in [-0.3, -0.25) is 5.10 Å². The molecule has 0 saturated heterocycles. The molecule has 5 aromatic rings. The van der Waals surface area contributed by atoms with Gasteiger partial charge in [0.25, 0.3) is 0 Å². The summed E-state index contributed by atoms with van der Waals surface area (Å²) >= 11 is 7.86. The Hall–Kier alpha value is -3.50. The van der Waals surface area contributed by atoms with Crippen molar-refractivity contribution in [1.82, 2.24) is 29.9 Å². The highest BCUT2D eigenvalue weighted by Gasteiger charge is 2.17. The lowest BCUT2D eigenvalue weighted by atomic mass is 10.2. The van der Waals surface area contributed by atoms with Gasteiger partial charge in [-0.05, 0) is 30.7 Å². The maximum absolute atomic E-state index is 12.3. The molecule has 0 spiro atoms. The molecule has 5 rings (SSSR count).